The zero-order valence-corrected chi connectivity index (χ0v) is 11.6. The van der Waals surface area contributed by atoms with Crippen molar-refractivity contribution in [3.63, 3.8) is 0 Å². The predicted molar refractivity (Wildman–Crippen MR) is 85.2 cm³/mol. The first-order valence-electron chi connectivity index (χ1n) is 6.89. The number of nitrogens with zero attached hydrogens (tertiary/aromatic N) is 2. The number of para-hydroxylation sites is 1. The summed E-state index contributed by atoms with van der Waals surface area (Å²) in [5.41, 5.74) is 6.48. The number of carbonyl (C=O) groups is 1. The van der Waals surface area contributed by atoms with E-state index < -0.39 is 0 Å². The lowest BCUT2D eigenvalue weighted by Gasteiger charge is -2.00. The largest absolute Gasteiger partial charge is 0.361 e. The Morgan fingerprint density at radius 3 is 2.86 bits per heavy atom. The van der Waals surface area contributed by atoms with Gasteiger partial charge in [-0.05, 0) is 24.3 Å². The summed E-state index contributed by atoms with van der Waals surface area (Å²) < 4.78 is 0. The van der Waals surface area contributed by atoms with Crippen LogP contribution in [0.2, 0.25) is 0 Å². The van der Waals surface area contributed by atoms with Gasteiger partial charge in [-0.25, -0.2) is 5.43 Å². The number of hydrazone groups is 1. The van der Waals surface area contributed by atoms with Crippen LogP contribution >= 0.6 is 0 Å². The van der Waals surface area contributed by atoms with Crippen LogP contribution in [0.3, 0.4) is 0 Å². The molecule has 0 spiro atoms. The second-order valence-electron chi connectivity index (χ2n) is 4.99. The number of pyridine rings is 1. The smallest absolute Gasteiger partial charge is 0.273 e. The highest BCUT2D eigenvalue weighted by molar-refractivity contribution is 6.33. The molecule has 0 radical (unpaired) electrons. The number of hydrogen-bond acceptors (Lipinski definition) is 3. The van der Waals surface area contributed by atoms with Gasteiger partial charge in [0.1, 0.15) is 5.71 Å². The van der Waals surface area contributed by atoms with Gasteiger partial charge in [0.2, 0.25) is 0 Å². The van der Waals surface area contributed by atoms with Crippen LogP contribution in [0.15, 0.2) is 65.7 Å². The van der Waals surface area contributed by atoms with Crippen LogP contribution < -0.4 is 5.43 Å². The van der Waals surface area contributed by atoms with E-state index >= 15 is 0 Å². The molecule has 0 unspecified atom stereocenters. The second-order valence-corrected chi connectivity index (χ2v) is 4.99. The topological polar surface area (TPSA) is 70.1 Å². The molecule has 0 saturated carbocycles. The van der Waals surface area contributed by atoms with Gasteiger partial charge in [0.25, 0.3) is 5.91 Å². The molecular weight excluding hydrogens is 276 g/mol. The van der Waals surface area contributed by atoms with Gasteiger partial charge in [0, 0.05) is 40.6 Å². The Morgan fingerprint density at radius 2 is 2.00 bits per heavy atom. The van der Waals surface area contributed by atoms with Gasteiger partial charge in [-0.2, -0.15) is 5.10 Å². The fourth-order valence-electron chi connectivity index (χ4n) is 2.56. The molecule has 22 heavy (non-hydrogen) atoms. The number of rotatable bonds is 2. The van der Waals surface area contributed by atoms with Gasteiger partial charge in [-0.1, -0.05) is 18.2 Å². The quantitative estimate of drug-likeness (QED) is 0.711. The van der Waals surface area contributed by atoms with Crippen molar-refractivity contribution in [1.82, 2.24) is 15.4 Å². The van der Waals surface area contributed by atoms with E-state index in [4.69, 9.17) is 0 Å². The minimum atomic E-state index is -0.205. The molecule has 3 aromatic rings. The SMILES string of the molecule is O=C1NN=C(c2cccnc2)/C1=C/c1c[nH]c2ccccc12. The van der Waals surface area contributed by atoms with E-state index in [2.05, 4.69) is 20.5 Å². The maximum atomic E-state index is 12.1. The van der Waals surface area contributed by atoms with E-state index in [1.54, 1.807) is 12.4 Å². The van der Waals surface area contributed by atoms with Crippen molar-refractivity contribution in [3.05, 3.63) is 71.7 Å². The third-order valence-electron chi connectivity index (χ3n) is 3.63. The van der Waals surface area contributed by atoms with Gasteiger partial charge in [-0.15, -0.1) is 0 Å². The lowest BCUT2D eigenvalue weighted by atomic mass is 10.0. The minimum Gasteiger partial charge on any atom is -0.361 e. The minimum absolute atomic E-state index is 0.205. The van der Waals surface area contributed by atoms with Gasteiger partial charge in [0.15, 0.2) is 0 Å². The molecule has 1 aliphatic rings. The van der Waals surface area contributed by atoms with Gasteiger partial charge in [0.05, 0.1) is 5.57 Å². The summed E-state index contributed by atoms with van der Waals surface area (Å²) >= 11 is 0. The summed E-state index contributed by atoms with van der Waals surface area (Å²) in [7, 11) is 0. The Kier molecular flexibility index (Phi) is 2.83. The summed E-state index contributed by atoms with van der Waals surface area (Å²) in [5.74, 6) is -0.205. The first-order valence-corrected chi connectivity index (χ1v) is 6.89. The molecule has 0 aliphatic carbocycles. The number of H-pyrrole nitrogens is 1. The van der Waals surface area contributed by atoms with Crippen molar-refractivity contribution in [2.75, 3.05) is 0 Å². The van der Waals surface area contributed by atoms with Crippen molar-refractivity contribution in [3.8, 4) is 0 Å². The summed E-state index contributed by atoms with van der Waals surface area (Å²) in [6.07, 6.45) is 7.14. The number of aromatic amines is 1. The average molecular weight is 288 g/mol. The summed E-state index contributed by atoms with van der Waals surface area (Å²) in [4.78, 5) is 19.4. The molecule has 0 bridgehead atoms. The van der Waals surface area contributed by atoms with Crippen LogP contribution in [-0.2, 0) is 4.79 Å². The molecule has 0 atom stereocenters. The fourth-order valence-corrected chi connectivity index (χ4v) is 2.56. The van der Waals surface area contributed by atoms with Crippen LogP contribution in [0.5, 0.6) is 0 Å². The van der Waals surface area contributed by atoms with Crippen molar-refractivity contribution >= 4 is 28.6 Å². The molecular formula is C17H12N4O. The molecule has 3 heterocycles. The monoisotopic (exact) mass is 288 g/mol. The first-order chi connectivity index (χ1) is 10.8. The molecule has 4 rings (SSSR count). The fraction of sp³-hybridized carbons (Fsp3) is 0. The highest BCUT2D eigenvalue weighted by Gasteiger charge is 2.24. The lowest BCUT2D eigenvalue weighted by Crippen LogP contribution is -2.13. The average Bonchev–Trinajstić information content (AvgIpc) is 3.14. The Labute approximate surface area is 126 Å². The lowest BCUT2D eigenvalue weighted by molar-refractivity contribution is -0.116. The van der Waals surface area contributed by atoms with E-state index in [1.807, 2.05) is 48.7 Å². The molecule has 1 aliphatic heterocycles. The third kappa shape index (κ3) is 2.00. The predicted octanol–water partition coefficient (Wildman–Crippen LogP) is 2.48. The number of amides is 1. The Balaban J connectivity index is 1.83. The van der Waals surface area contributed by atoms with Crippen molar-refractivity contribution in [1.29, 1.82) is 0 Å². The van der Waals surface area contributed by atoms with Gasteiger partial charge in [-0.3, -0.25) is 9.78 Å². The Morgan fingerprint density at radius 1 is 1.09 bits per heavy atom. The standard InChI is InChI=1S/C17H12N4O/c22-17-14(16(20-21-17)11-4-3-7-18-9-11)8-12-10-19-15-6-2-1-5-13(12)15/h1-10,19H,(H,21,22)/b14-8-. The molecule has 1 aromatic carbocycles. The van der Waals surface area contributed by atoms with Crippen LogP contribution in [0, 0.1) is 0 Å². The molecule has 0 fully saturated rings. The maximum Gasteiger partial charge on any atom is 0.273 e. The molecule has 5 heteroatoms. The molecule has 106 valence electrons. The number of benzene rings is 1. The Bertz CT molecular complexity index is 922. The van der Waals surface area contributed by atoms with E-state index in [9.17, 15) is 4.79 Å². The molecule has 2 N–H and O–H groups in total. The first kappa shape index (κ1) is 12.5. The van der Waals surface area contributed by atoms with Crippen LogP contribution in [0.25, 0.3) is 17.0 Å². The third-order valence-corrected chi connectivity index (χ3v) is 3.63. The van der Waals surface area contributed by atoms with Gasteiger partial charge >= 0.3 is 0 Å². The number of hydrogen-bond donors (Lipinski definition) is 2. The molecule has 0 saturated heterocycles. The van der Waals surface area contributed by atoms with Crippen LogP contribution in [0.1, 0.15) is 11.1 Å². The number of nitrogens with one attached hydrogen (secondary N) is 2. The zero-order chi connectivity index (χ0) is 14.9. The van der Waals surface area contributed by atoms with E-state index in [0.29, 0.717) is 11.3 Å². The molecule has 1 amide bonds. The van der Waals surface area contributed by atoms with Crippen LogP contribution in [0.4, 0.5) is 0 Å². The number of carbonyl (C=O) groups excluding carboxylic acids is 1. The maximum absolute atomic E-state index is 12.1. The van der Waals surface area contributed by atoms with E-state index in [0.717, 1.165) is 22.0 Å². The van der Waals surface area contributed by atoms with Crippen molar-refractivity contribution in [2.24, 2.45) is 5.10 Å². The van der Waals surface area contributed by atoms with Crippen LogP contribution in [-0.4, -0.2) is 21.6 Å². The van der Waals surface area contributed by atoms with Crippen molar-refractivity contribution < 1.29 is 4.79 Å². The molecule has 2 aromatic heterocycles. The summed E-state index contributed by atoms with van der Waals surface area (Å²) in [6, 6.07) is 11.7. The van der Waals surface area contributed by atoms with E-state index in [1.165, 1.54) is 0 Å². The zero-order valence-electron chi connectivity index (χ0n) is 11.6. The highest BCUT2D eigenvalue weighted by atomic mass is 16.2. The highest BCUT2D eigenvalue weighted by Crippen LogP contribution is 2.23. The second kappa shape index (κ2) is 4.96. The summed E-state index contributed by atoms with van der Waals surface area (Å²) in [5, 5.41) is 5.20. The number of aromatic nitrogens is 2. The normalized spacial score (nSPS) is 16.1. The molecule has 5 nitrogen and oxygen atoms in total. The van der Waals surface area contributed by atoms with Gasteiger partial charge < -0.3 is 4.98 Å². The van der Waals surface area contributed by atoms with Crippen molar-refractivity contribution in [2.45, 2.75) is 0 Å². The Hall–Kier alpha value is -3.21. The summed E-state index contributed by atoms with van der Waals surface area (Å²) in [6.45, 7) is 0. The van der Waals surface area contributed by atoms with E-state index in [-0.39, 0.29) is 5.91 Å². The number of fused-ring (bicyclic) bond motifs is 1.